The summed E-state index contributed by atoms with van der Waals surface area (Å²) in [5.41, 5.74) is 3.12. The average Bonchev–Trinajstić information content (AvgIpc) is 2.53. The number of pyridine rings is 1. The molecule has 1 heterocycles. The molecule has 0 atom stereocenters. The van der Waals surface area contributed by atoms with Gasteiger partial charge in [0.25, 0.3) is 0 Å². The third kappa shape index (κ3) is 3.37. The van der Waals surface area contributed by atoms with Gasteiger partial charge in [0.15, 0.2) is 11.5 Å². The monoisotopic (exact) mass is 288 g/mol. The van der Waals surface area contributed by atoms with E-state index in [4.69, 9.17) is 14.2 Å². The number of methoxy groups -OCH3 is 3. The van der Waals surface area contributed by atoms with Crippen LogP contribution >= 0.6 is 0 Å². The van der Waals surface area contributed by atoms with Crippen LogP contribution in [0.15, 0.2) is 30.6 Å². The summed E-state index contributed by atoms with van der Waals surface area (Å²) in [4.78, 5) is 4.12. The van der Waals surface area contributed by atoms with Crippen molar-refractivity contribution in [2.45, 2.75) is 13.5 Å². The molecular formula is C16H20N2O3. The van der Waals surface area contributed by atoms with E-state index in [9.17, 15) is 0 Å². The van der Waals surface area contributed by atoms with E-state index in [1.165, 1.54) is 0 Å². The number of nitrogens with one attached hydrogen (secondary N) is 1. The lowest BCUT2D eigenvalue weighted by Gasteiger charge is -2.15. The van der Waals surface area contributed by atoms with E-state index >= 15 is 0 Å². The zero-order chi connectivity index (χ0) is 15.2. The summed E-state index contributed by atoms with van der Waals surface area (Å²) in [7, 11) is 4.86. The second kappa shape index (κ2) is 6.83. The van der Waals surface area contributed by atoms with E-state index in [1.807, 2.05) is 31.3 Å². The Morgan fingerprint density at radius 1 is 1.00 bits per heavy atom. The Kier molecular flexibility index (Phi) is 4.87. The van der Waals surface area contributed by atoms with Crippen molar-refractivity contribution in [2.75, 3.05) is 26.6 Å². The number of rotatable bonds is 6. The molecule has 2 aromatic rings. The molecule has 5 heteroatoms. The van der Waals surface area contributed by atoms with Crippen LogP contribution in [-0.4, -0.2) is 26.3 Å². The van der Waals surface area contributed by atoms with Crippen molar-refractivity contribution < 1.29 is 14.2 Å². The van der Waals surface area contributed by atoms with Crippen molar-refractivity contribution in [3.8, 4) is 17.2 Å². The fraction of sp³-hybridized carbons (Fsp3) is 0.312. The third-order valence-electron chi connectivity index (χ3n) is 3.29. The van der Waals surface area contributed by atoms with E-state index in [-0.39, 0.29) is 0 Å². The zero-order valence-electron chi connectivity index (χ0n) is 12.8. The van der Waals surface area contributed by atoms with Gasteiger partial charge in [-0.3, -0.25) is 4.98 Å². The first-order valence-corrected chi connectivity index (χ1v) is 6.63. The van der Waals surface area contributed by atoms with Crippen molar-refractivity contribution in [1.29, 1.82) is 0 Å². The van der Waals surface area contributed by atoms with Gasteiger partial charge in [-0.1, -0.05) is 0 Å². The molecule has 5 nitrogen and oxygen atoms in total. The number of aromatic nitrogens is 1. The summed E-state index contributed by atoms with van der Waals surface area (Å²) in [5, 5.41) is 3.35. The maximum absolute atomic E-state index is 5.41. The maximum atomic E-state index is 5.41. The lowest BCUT2D eigenvalue weighted by molar-refractivity contribution is 0.347. The maximum Gasteiger partial charge on any atom is 0.164 e. The molecule has 0 aliphatic heterocycles. The number of anilines is 1. The highest BCUT2D eigenvalue weighted by atomic mass is 16.5. The van der Waals surface area contributed by atoms with E-state index in [2.05, 4.69) is 10.3 Å². The lowest BCUT2D eigenvalue weighted by atomic mass is 10.1. The van der Waals surface area contributed by atoms with Gasteiger partial charge in [-0.15, -0.1) is 0 Å². The topological polar surface area (TPSA) is 52.6 Å². The van der Waals surface area contributed by atoms with Crippen molar-refractivity contribution in [1.82, 2.24) is 4.98 Å². The van der Waals surface area contributed by atoms with Crippen LogP contribution in [-0.2, 0) is 6.54 Å². The molecule has 1 aromatic heterocycles. The second-order valence-corrected chi connectivity index (χ2v) is 4.56. The van der Waals surface area contributed by atoms with E-state index < -0.39 is 0 Å². The number of aryl methyl sites for hydroxylation is 1. The summed E-state index contributed by atoms with van der Waals surface area (Å²) >= 11 is 0. The highest BCUT2D eigenvalue weighted by Crippen LogP contribution is 2.34. The van der Waals surface area contributed by atoms with E-state index in [0.29, 0.717) is 18.0 Å². The zero-order valence-corrected chi connectivity index (χ0v) is 12.8. The third-order valence-corrected chi connectivity index (χ3v) is 3.29. The van der Waals surface area contributed by atoms with Crippen molar-refractivity contribution in [3.63, 3.8) is 0 Å². The van der Waals surface area contributed by atoms with Gasteiger partial charge in [0, 0.05) is 24.4 Å². The Morgan fingerprint density at radius 2 is 1.67 bits per heavy atom. The summed E-state index contributed by atoms with van der Waals surface area (Å²) in [6, 6.07) is 5.70. The molecule has 112 valence electrons. The molecule has 1 N–H and O–H groups in total. The highest BCUT2D eigenvalue weighted by Gasteiger charge is 2.11. The van der Waals surface area contributed by atoms with Gasteiger partial charge in [0.2, 0.25) is 0 Å². The van der Waals surface area contributed by atoms with Gasteiger partial charge < -0.3 is 19.5 Å². The quantitative estimate of drug-likeness (QED) is 0.885. The highest BCUT2D eigenvalue weighted by molar-refractivity contribution is 5.53. The Bertz CT molecular complexity index is 614. The molecule has 0 unspecified atom stereocenters. The van der Waals surface area contributed by atoms with Crippen molar-refractivity contribution >= 4 is 5.69 Å². The van der Waals surface area contributed by atoms with E-state index in [1.54, 1.807) is 27.5 Å². The van der Waals surface area contributed by atoms with Gasteiger partial charge in [0.1, 0.15) is 5.75 Å². The molecule has 0 saturated heterocycles. The molecule has 1 aromatic carbocycles. The molecule has 0 aliphatic rings. The van der Waals surface area contributed by atoms with Gasteiger partial charge in [0.05, 0.1) is 33.2 Å². The summed E-state index contributed by atoms with van der Waals surface area (Å²) in [6.07, 6.45) is 3.58. The first-order chi connectivity index (χ1) is 10.2. The SMILES string of the molecule is COc1cc(OC)c(OC)cc1CNc1cnccc1C. The molecule has 0 fully saturated rings. The molecule has 2 rings (SSSR count). The van der Waals surface area contributed by atoms with Crippen LogP contribution < -0.4 is 19.5 Å². The minimum atomic E-state index is 0.607. The molecule has 21 heavy (non-hydrogen) atoms. The van der Waals surface area contributed by atoms with Crippen LogP contribution in [0.2, 0.25) is 0 Å². The van der Waals surface area contributed by atoms with E-state index in [0.717, 1.165) is 22.6 Å². The number of hydrogen-bond acceptors (Lipinski definition) is 5. The Labute approximate surface area is 124 Å². The fourth-order valence-electron chi connectivity index (χ4n) is 2.07. The average molecular weight is 288 g/mol. The number of nitrogens with zero attached hydrogens (tertiary/aromatic N) is 1. The number of benzene rings is 1. The molecule has 0 saturated carbocycles. The predicted octanol–water partition coefficient (Wildman–Crippen LogP) is 3.03. The molecule has 0 spiro atoms. The second-order valence-electron chi connectivity index (χ2n) is 4.56. The molecule has 0 radical (unpaired) electrons. The van der Waals surface area contributed by atoms with Crippen LogP contribution in [0.25, 0.3) is 0 Å². The first kappa shape index (κ1) is 15.0. The van der Waals surface area contributed by atoms with Crippen molar-refractivity contribution in [2.24, 2.45) is 0 Å². The Hall–Kier alpha value is -2.43. The molecule has 0 bridgehead atoms. The molecule has 0 amide bonds. The largest absolute Gasteiger partial charge is 0.496 e. The van der Waals surface area contributed by atoms with Crippen molar-refractivity contribution in [3.05, 3.63) is 41.7 Å². The standard InChI is InChI=1S/C16H20N2O3/c1-11-5-6-17-10-13(11)18-9-12-7-15(20-3)16(21-4)8-14(12)19-2/h5-8,10,18H,9H2,1-4H3. The Morgan fingerprint density at radius 3 is 2.29 bits per heavy atom. The molecular weight excluding hydrogens is 268 g/mol. The summed E-state index contributed by atoms with van der Waals surface area (Å²) in [6.45, 7) is 2.64. The van der Waals surface area contributed by atoms with Gasteiger partial charge in [-0.2, -0.15) is 0 Å². The van der Waals surface area contributed by atoms with Crippen LogP contribution in [0.3, 0.4) is 0 Å². The normalized spacial score (nSPS) is 10.1. The van der Waals surface area contributed by atoms with Gasteiger partial charge in [-0.05, 0) is 24.6 Å². The lowest BCUT2D eigenvalue weighted by Crippen LogP contribution is -2.04. The van der Waals surface area contributed by atoms with Crippen LogP contribution in [0.4, 0.5) is 5.69 Å². The van der Waals surface area contributed by atoms with Crippen LogP contribution in [0.5, 0.6) is 17.2 Å². The minimum Gasteiger partial charge on any atom is -0.496 e. The summed E-state index contributed by atoms with van der Waals surface area (Å²) in [5.74, 6) is 2.08. The fourth-order valence-corrected chi connectivity index (χ4v) is 2.07. The minimum absolute atomic E-state index is 0.607. The van der Waals surface area contributed by atoms with Gasteiger partial charge >= 0.3 is 0 Å². The Balaban J connectivity index is 2.25. The summed E-state index contributed by atoms with van der Waals surface area (Å²) < 4.78 is 16.0. The van der Waals surface area contributed by atoms with Gasteiger partial charge in [-0.25, -0.2) is 0 Å². The van der Waals surface area contributed by atoms with Crippen LogP contribution in [0, 0.1) is 6.92 Å². The van der Waals surface area contributed by atoms with Crippen LogP contribution in [0.1, 0.15) is 11.1 Å². The predicted molar refractivity (Wildman–Crippen MR) is 82.4 cm³/mol. The first-order valence-electron chi connectivity index (χ1n) is 6.63. The smallest absolute Gasteiger partial charge is 0.164 e. The number of hydrogen-bond donors (Lipinski definition) is 1. The number of ether oxygens (including phenoxy) is 3. The molecule has 0 aliphatic carbocycles.